The van der Waals surface area contributed by atoms with Crippen molar-refractivity contribution in [1.29, 1.82) is 0 Å². The Morgan fingerprint density at radius 1 is 1.16 bits per heavy atom. The number of carbonyl (C=O) groups excluding carboxylic acids is 1. The summed E-state index contributed by atoms with van der Waals surface area (Å²) < 4.78 is 62.6. The van der Waals surface area contributed by atoms with Crippen molar-refractivity contribution >= 4 is 5.91 Å². The van der Waals surface area contributed by atoms with Crippen LogP contribution >= 0.6 is 0 Å². The molecule has 0 aliphatic carbocycles. The molecule has 2 saturated heterocycles. The second kappa shape index (κ2) is 9.13. The molecule has 1 amide bonds. The van der Waals surface area contributed by atoms with Crippen molar-refractivity contribution in [2.24, 2.45) is 0 Å². The molecule has 0 unspecified atom stereocenters. The maximum atomic E-state index is 14.7. The second-order valence-electron chi connectivity index (χ2n) is 8.47. The van der Waals surface area contributed by atoms with Crippen LogP contribution in [0.3, 0.4) is 0 Å². The first-order chi connectivity index (χ1) is 15.2. The number of hydrogen-bond donors (Lipinski definition) is 0. The third-order valence-electron chi connectivity index (χ3n) is 6.27. The van der Waals surface area contributed by atoms with Gasteiger partial charge >= 0.3 is 6.18 Å². The molecule has 174 valence electrons. The normalized spacial score (nSPS) is 22.0. The van der Waals surface area contributed by atoms with Crippen LogP contribution in [0, 0.1) is 5.82 Å². The molecule has 2 aliphatic heterocycles. The fourth-order valence-electron chi connectivity index (χ4n) is 4.50. The van der Waals surface area contributed by atoms with Gasteiger partial charge in [0.15, 0.2) is 0 Å². The quantitative estimate of drug-likeness (QED) is 0.570. The molecule has 0 radical (unpaired) electrons. The zero-order valence-electron chi connectivity index (χ0n) is 17.8. The molecule has 2 aromatic rings. The van der Waals surface area contributed by atoms with Crippen molar-refractivity contribution in [3.8, 4) is 5.75 Å². The number of hydrogen-bond acceptors (Lipinski definition) is 4. The second-order valence-corrected chi connectivity index (χ2v) is 8.47. The number of rotatable bonds is 6. The van der Waals surface area contributed by atoms with Crippen molar-refractivity contribution in [2.75, 3.05) is 19.6 Å². The fourth-order valence-corrected chi connectivity index (χ4v) is 4.50. The Morgan fingerprint density at radius 2 is 1.94 bits per heavy atom. The molecule has 3 heterocycles. The average molecular weight is 454 g/mol. The predicted octanol–water partition coefficient (Wildman–Crippen LogP) is 5.11. The van der Waals surface area contributed by atoms with Crippen LogP contribution in [-0.4, -0.2) is 47.4 Å². The number of nitrogens with zero attached hydrogens (tertiary/aromatic N) is 2. The molecule has 0 saturated carbocycles. The van der Waals surface area contributed by atoms with E-state index < -0.39 is 17.8 Å². The van der Waals surface area contributed by atoms with Gasteiger partial charge in [-0.15, -0.1) is 0 Å². The van der Waals surface area contributed by atoms with Gasteiger partial charge < -0.3 is 14.1 Å². The van der Waals surface area contributed by atoms with E-state index in [9.17, 15) is 22.4 Å². The number of amides is 1. The highest BCUT2D eigenvalue weighted by molar-refractivity contribution is 5.95. The predicted molar refractivity (Wildman–Crippen MR) is 109 cm³/mol. The third kappa shape index (κ3) is 4.92. The zero-order chi connectivity index (χ0) is 22.9. The molecule has 32 heavy (non-hydrogen) atoms. The van der Waals surface area contributed by atoms with Gasteiger partial charge in [0.1, 0.15) is 23.9 Å². The van der Waals surface area contributed by atoms with Crippen LogP contribution < -0.4 is 4.74 Å². The number of furan rings is 1. The van der Waals surface area contributed by atoms with Crippen molar-refractivity contribution in [1.82, 2.24) is 9.80 Å². The molecular weight excluding hydrogens is 428 g/mol. The molecule has 0 spiro atoms. The first-order valence-corrected chi connectivity index (χ1v) is 10.9. The van der Waals surface area contributed by atoms with E-state index >= 15 is 0 Å². The molecule has 2 fully saturated rings. The lowest BCUT2D eigenvalue weighted by molar-refractivity contribution is -0.153. The van der Waals surface area contributed by atoms with Crippen LogP contribution in [0.5, 0.6) is 5.75 Å². The summed E-state index contributed by atoms with van der Waals surface area (Å²) in [4.78, 5) is 17.2. The maximum Gasteiger partial charge on any atom is 0.449 e. The van der Waals surface area contributed by atoms with E-state index in [4.69, 9.17) is 9.15 Å². The molecule has 1 aromatic heterocycles. The minimum Gasteiger partial charge on any atom is -0.486 e. The van der Waals surface area contributed by atoms with E-state index in [1.165, 1.54) is 12.1 Å². The molecule has 2 atom stereocenters. The first kappa shape index (κ1) is 22.6. The first-order valence-electron chi connectivity index (χ1n) is 10.9. The molecule has 2 aliphatic rings. The van der Waals surface area contributed by atoms with Gasteiger partial charge in [-0.1, -0.05) is 0 Å². The number of halogens is 4. The Balaban J connectivity index is 1.39. The summed E-state index contributed by atoms with van der Waals surface area (Å²) in [5.74, 6) is -2.11. The van der Waals surface area contributed by atoms with Gasteiger partial charge in [-0.25, -0.2) is 4.39 Å². The van der Waals surface area contributed by atoms with E-state index in [0.717, 1.165) is 57.0 Å². The highest BCUT2D eigenvalue weighted by atomic mass is 19.4. The molecule has 4 rings (SSSR count). The van der Waals surface area contributed by atoms with E-state index in [2.05, 4.69) is 11.8 Å². The van der Waals surface area contributed by atoms with Crippen LogP contribution in [0.25, 0.3) is 0 Å². The summed E-state index contributed by atoms with van der Waals surface area (Å²) in [7, 11) is 0. The number of ether oxygens (including phenoxy) is 1. The lowest BCUT2D eigenvalue weighted by Gasteiger charge is -2.31. The number of carbonyl (C=O) groups is 1. The van der Waals surface area contributed by atoms with Crippen molar-refractivity contribution in [3.63, 3.8) is 0 Å². The third-order valence-corrected chi connectivity index (χ3v) is 6.27. The summed E-state index contributed by atoms with van der Waals surface area (Å²) in [6.45, 7) is 4.34. The summed E-state index contributed by atoms with van der Waals surface area (Å²) in [5, 5.41) is 0. The molecule has 0 N–H and O–H groups in total. The SMILES string of the molecule is C[C@@H]1CCCN1C[C@@H]1CCCN1C(=O)c1ccc(OCc2ccc(C(F)(F)F)o2)cc1F. The van der Waals surface area contributed by atoms with Crippen molar-refractivity contribution in [2.45, 2.75) is 57.5 Å². The van der Waals surface area contributed by atoms with E-state index in [0.29, 0.717) is 12.6 Å². The van der Waals surface area contributed by atoms with Gasteiger partial charge in [-0.2, -0.15) is 13.2 Å². The lowest BCUT2D eigenvalue weighted by atomic mass is 10.1. The van der Waals surface area contributed by atoms with Gasteiger partial charge in [-0.05, 0) is 63.4 Å². The number of alkyl halides is 3. The fraction of sp³-hybridized carbons (Fsp3) is 0.522. The summed E-state index contributed by atoms with van der Waals surface area (Å²) >= 11 is 0. The van der Waals surface area contributed by atoms with Gasteiger partial charge in [-0.3, -0.25) is 9.69 Å². The summed E-state index contributed by atoms with van der Waals surface area (Å²) in [5.41, 5.74) is -0.0314. The summed E-state index contributed by atoms with van der Waals surface area (Å²) in [6.07, 6.45) is -0.461. The Morgan fingerprint density at radius 3 is 2.59 bits per heavy atom. The van der Waals surface area contributed by atoms with Gasteiger partial charge in [0.05, 0.1) is 5.56 Å². The molecule has 9 heteroatoms. The smallest absolute Gasteiger partial charge is 0.449 e. The van der Waals surface area contributed by atoms with E-state index in [1.807, 2.05) is 0 Å². The van der Waals surface area contributed by atoms with E-state index in [1.54, 1.807) is 4.90 Å². The lowest BCUT2D eigenvalue weighted by Crippen LogP contribution is -2.44. The molecule has 5 nitrogen and oxygen atoms in total. The van der Waals surface area contributed by atoms with Crippen LogP contribution in [0.4, 0.5) is 17.6 Å². The average Bonchev–Trinajstić information content (AvgIpc) is 3.48. The Labute approximate surface area is 183 Å². The Bertz CT molecular complexity index is 959. The molecule has 1 aromatic carbocycles. The number of benzene rings is 1. The van der Waals surface area contributed by atoms with Gasteiger partial charge in [0, 0.05) is 31.2 Å². The topological polar surface area (TPSA) is 45.9 Å². The minimum absolute atomic E-state index is 0.0314. The van der Waals surface area contributed by atoms with E-state index in [-0.39, 0.29) is 35.6 Å². The van der Waals surface area contributed by atoms with Crippen LogP contribution in [0.2, 0.25) is 0 Å². The van der Waals surface area contributed by atoms with Crippen LogP contribution in [0.1, 0.15) is 54.5 Å². The van der Waals surface area contributed by atoms with Gasteiger partial charge in [0.25, 0.3) is 5.91 Å². The van der Waals surface area contributed by atoms with Gasteiger partial charge in [0.2, 0.25) is 5.76 Å². The largest absolute Gasteiger partial charge is 0.486 e. The monoisotopic (exact) mass is 454 g/mol. The summed E-state index contributed by atoms with van der Waals surface area (Å²) in [6, 6.07) is 6.43. The van der Waals surface area contributed by atoms with Crippen LogP contribution in [0.15, 0.2) is 34.7 Å². The maximum absolute atomic E-state index is 14.7. The standard InChI is InChI=1S/C23H26F4N2O3/c1-15-4-2-10-28(15)13-16-5-3-11-29(16)22(30)19-8-6-17(12-20(19)24)31-14-18-7-9-21(32-18)23(25,26)27/h6-9,12,15-16H,2-5,10-11,13-14H2,1H3/t15-,16+/m1/s1. The number of likely N-dealkylation sites (tertiary alicyclic amines) is 2. The highest BCUT2D eigenvalue weighted by Gasteiger charge is 2.35. The molecule has 0 bridgehead atoms. The highest BCUT2D eigenvalue weighted by Crippen LogP contribution is 2.31. The van der Waals surface area contributed by atoms with Crippen LogP contribution in [-0.2, 0) is 12.8 Å². The van der Waals surface area contributed by atoms with Crippen molar-refractivity contribution < 1.29 is 31.5 Å². The van der Waals surface area contributed by atoms with Crippen molar-refractivity contribution in [3.05, 3.63) is 53.2 Å². The molecular formula is C23H26F4N2O3. The zero-order valence-corrected chi connectivity index (χ0v) is 17.8. The minimum atomic E-state index is -4.58. The Hall–Kier alpha value is -2.55. The Kier molecular flexibility index (Phi) is 6.46.